The van der Waals surface area contributed by atoms with E-state index < -0.39 is 38.9 Å². The van der Waals surface area contributed by atoms with Gasteiger partial charge in [0.2, 0.25) is 10.0 Å². The highest BCUT2D eigenvalue weighted by Crippen LogP contribution is 2.42. The van der Waals surface area contributed by atoms with Gasteiger partial charge >= 0.3 is 6.18 Å². The van der Waals surface area contributed by atoms with Crippen LogP contribution >= 0.6 is 12.2 Å². The average molecular weight is 483 g/mol. The molecule has 168 valence electrons. The number of anilines is 3. The first-order valence-corrected chi connectivity index (χ1v) is 11.3. The standard InChI is InChI=1S/C20H17F3N4O3S2/c1-19(2)17(28)26(14-9-10-16(24-3)15(11-14)20(21,22)23)18(31)27(19)13-7-5-12(6-8-13)25-32(4,29)30/h5-11,25H,1-2,4H3. The molecule has 2 aromatic rings. The zero-order valence-electron chi connectivity index (χ0n) is 17.1. The molecule has 3 rings (SSSR count). The van der Waals surface area contributed by atoms with Crippen LogP contribution in [0.25, 0.3) is 4.85 Å². The number of halogens is 3. The summed E-state index contributed by atoms with van der Waals surface area (Å²) in [6.45, 7) is 10.1. The molecule has 0 saturated carbocycles. The predicted molar refractivity (Wildman–Crippen MR) is 119 cm³/mol. The molecule has 0 unspecified atom stereocenters. The normalized spacial score (nSPS) is 16.3. The number of nitrogens with zero attached hydrogens (tertiary/aromatic N) is 3. The van der Waals surface area contributed by atoms with E-state index in [2.05, 4.69) is 9.57 Å². The Balaban J connectivity index is 2.04. The van der Waals surface area contributed by atoms with Crippen LogP contribution in [0.15, 0.2) is 42.5 Å². The lowest BCUT2D eigenvalue weighted by atomic mass is 10.0. The Bertz CT molecular complexity index is 1250. The number of carbonyl (C=O) groups is 1. The largest absolute Gasteiger partial charge is 0.407 e. The number of sulfonamides is 1. The molecule has 0 aliphatic carbocycles. The first kappa shape index (κ1) is 23.5. The summed E-state index contributed by atoms with van der Waals surface area (Å²) in [6, 6.07) is 9.02. The summed E-state index contributed by atoms with van der Waals surface area (Å²) in [7, 11) is -3.48. The highest BCUT2D eigenvalue weighted by Gasteiger charge is 2.50. The summed E-state index contributed by atoms with van der Waals surface area (Å²) in [5, 5.41) is -0.0486. The molecule has 0 aromatic heterocycles. The van der Waals surface area contributed by atoms with Gasteiger partial charge in [0.05, 0.1) is 18.4 Å². The van der Waals surface area contributed by atoms with Crippen LogP contribution in [0.5, 0.6) is 0 Å². The van der Waals surface area contributed by atoms with E-state index in [0.29, 0.717) is 11.4 Å². The number of hydrogen-bond acceptors (Lipinski definition) is 4. The van der Waals surface area contributed by atoms with E-state index >= 15 is 0 Å². The van der Waals surface area contributed by atoms with Crippen molar-refractivity contribution in [2.75, 3.05) is 20.8 Å². The van der Waals surface area contributed by atoms with Crippen molar-refractivity contribution in [1.82, 2.24) is 0 Å². The molecule has 1 fully saturated rings. The minimum absolute atomic E-state index is 0.0486. The summed E-state index contributed by atoms with van der Waals surface area (Å²) in [5.74, 6) is -0.551. The molecule has 1 aliphatic rings. The van der Waals surface area contributed by atoms with Crippen molar-refractivity contribution >= 4 is 56.0 Å². The van der Waals surface area contributed by atoms with E-state index in [1.807, 2.05) is 0 Å². The topological polar surface area (TPSA) is 74.1 Å². The van der Waals surface area contributed by atoms with Gasteiger partial charge in [0.15, 0.2) is 10.8 Å². The lowest BCUT2D eigenvalue weighted by Crippen LogP contribution is -2.44. The maximum atomic E-state index is 13.4. The van der Waals surface area contributed by atoms with E-state index in [1.165, 1.54) is 23.1 Å². The molecular weight excluding hydrogens is 465 g/mol. The summed E-state index contributed by atoms with van der Waals surface area (Å²) in [4.78, 5) is 18.5. The summed E-state index contributed by atoms with van der Waals surface area (Å²) >= 11 is 5.45. The van der Waals surface area contributed by atoms with Gasteiger partial charge in [0, 0.05) is 17.1 Å². The van der Waals surface area contributed by atoms with Crippen molar-refractivity contribution in [3.8, 4) is 0 Å². The molecule has 32 heavy (non-hydrogen) atoms. The molecule has 0 bridgehead atoms. The third-order valence-electron chi connectivity index (χ3n) is 4.76. The zero-order valence-corrected chi connectivity index (χ0v) is 18.7. The van der Waals surface area contributed by atoms with Crippen LogP contribution in [0.1, 0.15) is 19.4 Å². The van der Waals surface area contributed by atoms with Gasteiger partial charge in [-0.05, 0) is 62.5 Å². The molecule has 12 heteroatoms. The fraction of sp³-hybridized carbons (Fsp3) is 0.250. The summed E-state index contributed by atoms with van der Waals surface area (Å²) in [5.41, 5.74) is -2.34. The molecular formula is C20H17F3N4O3S2. The van der Waals surface area contributed by atoms with Gasteiger partial charge in [-0.3, -0.25) is 14.4 Å². The van der Waals surface area contributed by atoms with Crippen LogP contribution in [-0.4, -0.2) is 31.2 Å². The number of amides is 1. The Morgan fingerprint density at radius 1 is 1.09 bits per heavy atom. The number of benzene rings is 2. The Morgan fingerprint density at radius 2 is 1.66 bits per heavy atom. The Kier molecular flexibility index (Phi) is 5.69. The van der Waals surface area contributed by atoms with Gasteiger partial charge in [-0.25, -0.2) is 13.3 Å². The van der Waals surface area contributed by atoms with Gasteiger partial charge in [-0.2, -0.15) is 13.2 Å². The fourth-order valence-corrected chi connectivity index (χ4v) is 4.42. The first-order chi connectivity index (χ1) is 14.7. The maximum absolute atomic E-state index is 13.4. The molecule has 0 spiro atoms. The van der Waals surface area contributed by atoms with E-state index in [0.717, 1.165) is 23.3 Å². The lowest BCUT2D eigenvalue weighted by molar-refractivity contribution is -0.136. The van der Waals surface area contributed by atoms with Crippen molar-refractivity contribution in [2.24, 2.45) is 0 Å². The van der Waals surface area contributed by atoms with E-state index in [4.69, 9.17) is 18.8 Å². The van der Waals surface area contributed by atoms with Crippen LogP contribution in [0.2, 0.25) is 0 Å². The second kappa shape index (κ2) is 7.75. The SMILES string of the molecule is [C-]#[N+]c1ccc(N2C(=O)C(C)(C)N(c3ccc(NS(C)(=O)=O)cc3)C2=S)cc1C(F)(F)F. The van der Waals surface area contributed by atoms with Gasteiger partial charge in [0.1, 0.15) is 5.54 Å². The quantitative estimate of drug-likeness (QED) is 0.512. The second-order valence-electron chi connectivity index (χ2n) is 7.55. The Labute approximate surface area is 188 Å². The molecule has 1 amide bonds. The molecule has 0 atom stereocenters. The Hall–Kier alpha value is -3.17. The summed E-state index contributed by atoms with van der Waals surface area (Å²) in [6.07, 6.45) is -3.78. The van der Waals surface area contributed by atoms with Crippen molar-refractivity contribution in [3.63, 3.8) is 0 Å². The fourth-order valence-electron chi connectivity index (χ4n) is 3.34. The smallest absolute Gasteiger partial charge is 0.304 e. The minimum Gasteiger partial charge on any atom is -0.304 e. The molecule has 0 radical (unpaired) electrons. The number of thiocarbonyl (C=S) groups is 1. The maximum Gasteiger partial charge on any atom is 0.407 e. The number of alkyl halides is 3. The monoisotopic (exact) mass is 482 g/mol. The second-order valence-corrected chi connectivity index (χ2v) is 9.66. The van der Waals surface area contributed by atoms with Crippen LogP contribution in [-0.2, 0) is 21.0 Å². The van der Waals surface area contributed by atoms with Crippen LogP contribution in [0, 0.1) is 6.57 Å². The Morgan fingerprint density at radius 3 is 2.16 bits per heavy atom. The predicted octanol–water partition coefficient (Wildman–Crippen LogP) is 4.54. The first-order valence-electron chi connectivity index (χ1n) is 9.02. The minimum atomic E-state index is -4.78. The number of nitrogens with one attached hydrogen (secondary N) is 1. The molecule has 1 heterocycles. The molecule has 2 aromatic carbocycles. The zero-order chi connectivity index (χ0) is 24.1. The third-order valence-corrected chi connectivity index (χ3v) is 5.73. The van der Waals surface area contributed by atoms with E-state index in [9.17, 15) is 26.4 Å². The van der Waals surface area contributed by atoms with Gasteiger partial charge < -0.3 is 4.90 Å². The van der Waals surface area contributed by atoms with E-state index in [-0.39, 0.29) is 10.8 Å². The number of hydrogen-bond donors (Lipinski definition) is 1. The van der Waals surface area contributed by atoms with Crippen molar-refractivity contribution in [1.29, 1.82) is 0 Å². The van der Waals surface area contributed by atoms with Crippen LogP contribution in [0.3, 0.4) is 0 Å². The third kappa shape index (κ3) is 4.26. The molecule has 1 aliphatic heterocycles. The van der Waals surface area contributed by atoms with E-state index in [1.54, 1.807) is 26.0 Å². The van der Waals surface area contributed by atoms with Crippen molar-refractivity contribution in [2.45, 2.75) is 25.6 Å². The van der Waals surface area contributed by atoms with Gasteiger partial charge in [0.25, 0.3) is 5.91 Å². The van der Waals surface area contributed by atoms with Gasteiger partial charge in [-0.15, -0.1) is 0 Å². The van der Waals surface area contributed by atoms with Gasteiger partial charge in [-0.1, -0.05) is 6.07 Å². The average Bonchev–Trinajstić information content (AvgIpc) is 2.84. The molecule has 7 nitrogen and oxygen atoms in total. The lowest BCUT2D eigenvalue weighted by Gasteiger charge is -2.29. The highest BCUT2D eigenvalue weighted by molar-refractivity contribution is 7.92. The number of carbonyl (C=O) groups excluding carboxylic acids is 1. The van der Waals surface area contributed by atoms with Crippen LogP contribution < -0.4 is 14.5 Å². The number of rotatable bonds is 4. The van der Waals surface area contributed by atoms with Crippen LogP contribution in [0.4, 0.5) is 35.9 Å². The molecule has 1 N–H and O–H groups in total. The van der Waals surface area contributed by atoms with Crippen molar-refractivity contribution < 1.29 is 26.4 Å². The highest BCUT2D eigenvalue weighted by atomic mass is 32.2. The van der Waals surface area contributed by atoms with Crippen molar-refractivity contribution in [3.05, 3.63) is 59.4 Å². The summed E-state index contributed by atoms with van der Waals surface area (Å²) < 4.78 is 65.3. The molecule has 1 saturated heterocycles.